The van der Waals surface area contributed by atoms with E-state index in [1.165, 1.54) is 11.4 Å². The van der Waals surface area contributed by atoms with E-state index in [1.807, 2.05) is 19.1 Å². The molecular formula is C15H21NO4S. The molecule has 6 heteroatoms. The van der Waals surface area contributed by atoms with E-state index in [4.69, 9.17) is 0 Å². The molecule has 21 heavy (non-hydrogen) atoms. The molecule has 1 aliphatic carbocycles. The van der Waals surface area contributed by atoms with E-state index in [2.05, 4.69) is 0 Å². The molecule has 1 aromatic carbocycles. The van der Waals surface area contributed by atoms with Gasteiger partial charge >= 0.3 is 5.97 Å². The maximum Gasteiger partial charge on any atom is 0.307 e. The topological polar surface area (TPSA) is 74.7 Å². The van der Waals surface area contributed by atoms with Crippen molar-refractivity contribution < 1.29 is 18.3 Å². The van der Waals surface area contributed by atoms with E-state index in [9.17, 15) is 18.3 Å². The molecule has 0 aromatic heterocycles. The van der Waals surface area contributed by atoms with Crippen molar-refractivity contribution in [2.75, 3.05) is 11.4 Å². The molecule has 0 spiro atoms. The maximum absolute atomic E-state index is 12.7. The van der Waals surface area contributed by atoms with Crippen LogP contribution in [0.5, 0.6) is 0 Å². The number of carbonyl (C=O) groups is 1. The second kappa shape index (κ2) is 6.05. The van der Waals surface area contributed by atoms with Gasteiger partial charge < -0.3 is 5.11 Å². The van der Waals surface area contributed by atoms with E-state index in [1.54, 1.807) is 12.1 Å². The lowest BCUT2D eigenvalue weighted by Crippen LogP contribution is -2.40. The average molecular weight is 311 g/mol. The van der Waals surface area contributed by atoms with Gasteiger partial charge in [-0.2, -0.15) is 0 Å². The van der Waals surface area contributed by atoms with Crippen LogP contribution in [0.3, 0.4) is 0 Å². The molecular weight excluding hydrogens is 290 g/mol. The summed E-state index contributed by atoms with van der Waals surface area (Å²) in [5.41, 5.74) is 1.71. The van der Waals surface area contributed by atoms with Crippen LogP contribution >= 0.6 is 0 Å². The van der Waals surface area contributed by atoms with Gasteiger partial charge in [-0.25, -0.2) is 8.42 Å². The Balaban J connectivity index is 2.27. The molecule has 0 amide bonds. The molecule has 5 nitrogen and oxygen atoms in total. The third kappa shape index (κ3) is 3.05. The summed E-state index contributed by atoms with van der Waals surface area (Å²) in [6.45, 7) is 2.03. The van der Waals surface area contributed by atoms with Crippen LogP contribution in [0.4, 0.5) is 5.69 Å². The van der Waals surface area contributed by atoms with Crippen molar-refractivity contribution in [1.29, 1.82) is 0 Å². The number of aliphatic carboxylic acids is 1. The van der Waals surface area contributed by atoms with Crippen LogP contribution < -0.4 is 4.31 Å². The fourth-order valence-corrected chi connectivity index (χ4v) is 4.81. The zero-order valence-electron chi connectivity index (χ0n) is 12.3. The summed E-state index contributed by atoms with van der Waals surface area (Å²) in [6, 6.07) is 7.32. The Morgan fingerprint density at radius 3 is 2.43 bits per heavy atom. The molecule has 0 radical (unpaired) electrons. The molecule has 1 aromatic rings. The van der Waals surface area contributed by atoms with Gasteiger partial charge in [-0.3, -0.25) is 9.10 Å². The van der Waals surface area contributed by atoms with Gasteiger partial charge in [-0.15, -0.1) is 0 Å². The van der Waals surface area contributed by atoms with Gasteiger partial charge in [0, 0.05) is 7.05 Å². The van der Waals surface area contributed by atoms with E-state index in [0.717, 1.165) is 12.0 Å². The van der Waals surface area contributed by atoms with E-state index < -0.39 is 27.2 Å². The molecule has 116 valence electrons. The highest BCUT2D eigenvalue weighted by molar-refractivity contribution is 7.93. The first kappa shape index (κ1) is 15.8. The summed E-state index contributed by atoms with van der Waals surface area (Å²) in [6.07, 6.45) is 2.38. The molecule has 1 fully saturated rings. The lowest BCUT2D eigenvalue weighted by atomic mass is 10.1. The highest BCUT2D eigenvalue weighted by atomic mass is 32.2. The van der Waals surface area contributed by atoms with Crippen molar-refractivity contribution in [2.45, 2.75) is 37.9 Å². The van der Waals surface area contributed by atoms with Gasteiger partial charge in [0.1, 0.15) is 0 Å². The first-order valence-electron chi connectivity index (χ1n) is 7.17. The number of aryl methyl sites for hydroxylation is 1. The Morgan fingerprint density at radius 2 is 1.90 bits per heavy atom. The van der Waals surface area contributed by atoms with Gasteiger partial charge in [0.05, 0.1) is 16.9 Å². The van der Waals surface area contributed by atoms with Crippen LogP contribution in [0.2, 0.25) is 0 Å². The standard InChI is InChI=1S/C15H21NO4S/c1-3-11-7-9-12(10-8-11)16(2)21(19,20)14-6-4-5-13(14)15(17)18/h7-10,13-14H,3-6H2,1-2H3,(H,17,18). The summed E-state index contributed by atoms with van der Waals surface area (Å²) in [5.74, 6) is -1.82. The Kier molecular flexibility index (Phi) is 4.56. The number of nitrogens with zero attached hydrogens (tertiary/aromatic N) is 1. The van der Waals surface area contributed by atoms with Crippen LogP contribution in [0.15, 0.2) is 24.3 Å². The highest BCUT2D eigenvalue weighted by Gasteiger charge is 2.43. The van der Waals surface area contributed by atoms with Gasteiger partial charge in [0.15, 0.2) is 0 Å². The average Bonchev–Trinajstić information content (AvgIpc) is 2.97. The zero-order chi connectivity index (χ0) is 15.6. The summed E-state index contributed by atoms with van der Waals surface area (Å²) in [4.78, 5) is 11.2. The number of sulfonamides is 1. The van der Waals surface area contributed by atoms with Crippen molar-refractivity contribution in [3.8, 4) is 0 Å². The molecule has 2 atom stereocenters. The summed E-state index contributed by atoms with van der Waals surface area (Å²) in [7, 11) is -2.16. The van der Waals surface area contributed by atoms with E-state index >= 15 is 0 Å². The number of benzene rings is 1. The number of hydrogen-bond donors (Lipinski definition) is 1. The van der Waals surface area contributed by atoms with Gasteiger partial charge in [0.25, 0.3) is 0 Å². The number of hydrogen-bond acceptors (Lipinski definition) is 3. The minimum absolute atomic E-state index is 0.413. The zero-order valence-corrected chi connectivity index (χ0v) is 13.1. The SMILES string of the molecule is CCc1ccc(N(C)S(=O)(=O)C2CCCC2C(=O)O)cc1. The van der Waals surface area contributed by atoms with E-state index in [0.29, 0.717) is 24.9 Å². The van der Waals surface area contributed by atoms with Crippen LogP contribution in [-0.2, 0) is 21.2 Å². The number of carboxylic acids is 1. The predicted molar refractivity (Wildman–Crippen MR) is 81.9 cm³/mol. The molecule has 1 aliphatic rings. The molecule has 1 saturated carbocycles. The van der Waals surface area contributed by atoms with Crippen molar-refractivity contribution in [2.24, 2.45) is 5.92 Å². The number of rotatable bonds is 5. The quantitative estimate of drug-likeness (QED) is 0.905. The van der Waals surface area contributed by atoms with Crippen LogP contribution in [-0.4, -0.2) is 31.8 Å². The lowest BCUT2D eigenvalue weighted by Gasteiger charge is -2.25. The Labute approximate surface area is 125 Å². The van der Waals surface area contributed by atoms with Gasteiger partial charge in [-0.1, -0.05) is 25.5 Å². The Morgan fingerprint density at radius 1 is 1.29 bits per heavy atom. The van der Waals surface area contributed by atoms with E-state index in [-0.39, 0.29) is 0 Å². The molecule has 2 rings (SSSR count). The molecule has 2 unspecified atom stereocenters. The van der Waals surface area contributed by atoms with Crippen molar-refractivity contribution in [3.63, 3.8) is 0 Å². The Bertz CT molecular complexity index is 609. The normalized spacial score (nSPS) is 22.2. The van der Waals surface area contributed by atoms with Crippen molar-refractivity contribution in [1.82, 2.24) is 0 Å². The first-order valence-corrected chi connectivity index (χ1v) is 8.67. The highest BCUT2D eigenvalue weighted by Crippen LogP contribution is 2.34. The smallest absolute Gasteiger partial charge is 0.307 e. The predicted octanol–water partition coefficient (Wildman–Crippen LogP) is 2.27. The van der Waals surface area contributed by atoms with Crippen molar-refractivity contribution >= 4 is 21.7 Å². The fraction of sp³-hybridized carbons (Fsp3) is 0.533. The molecule has 0 bridgehead atoms. The summed E-state index contributed by atoms with van der Waals surface area (Å²) < 4.78 is 26.6. The third-order valence-corrected chi connectivity index (χ3v) is 6.55. The second-order valence-electron chi connectivity index (χ2n) is 5.45. The number of carboxylic acid groups (broad SMARTS) is 1. The summed E-state index contributed by atoms with van der Waals surface area (Å²) >= 11 is 0. The Hall–Kier alpha value is -1.56. The third-order valence-electron chi connectivity index (χ3n) is 4.24. The van der Waals surface area contributed by atoms with Crippen molar-refractivity contribution in [3.05, 3.63) is 29.8 Å². The maximum atomic E-state index is 12.7. The number of anilines is 1. The molecule has 0 saturated heterocycles. The minimum Gasteiger partial charge on any atom is -0.481 e. The fourth-order valence-electron chi connectivity index (χ4n) is 2.86. The molecule has 0 aliphatic heterocycles. The molecule has 0 heterocycles. The van der Waals surface area contributed by atoms with Crippen LogP contribution in [0, 0.1) is 5.92 Å². The first-order chi connectivity index (χ1) is 9.87. The molecule has 1 N–H and O–H groups in total. The minimum atomic E-state index is -3.65. The van der Waals surface area contributed by atoms with Gasteiger partial charge in [-0.05, 0) is 37.0 Å². The lowest BCUT2D eigenvalue weighted by molar-refractivity contribution is -0.141. The van der Waals surface area contributed by atoms with Crippen LogP contribution in [0.1, 0.15) is 31.7 Å². The monoisotopic (exact) mass is 311 g/mol. The largest absolute Gasteiger partial charge is 0.481 e. The van der Waals surface area contributed by atoms with Gasteiger partial charge in [0.2, 0.25) is 10.0 Å². The second-order valence-corrected chi connectivity index (χ2v) is 7.63. The summed E-state index contributed by atoms with van der Waals surface area (Å²) in [5, 5.41) is 8.36. The van der Waals surface area contributed by atoms with Crippen LogP contribution in [0.25, 0.3) is 0 Å².